The Bertz CT molecular complexity index is 377. The molecule has 0 aromatic carbocycles. The number of carbonyl (C=O) groups excluding carboxylic acids is 1. The Hall–Kier alpha value is -1.34. The highest BCUT2D eigenvalue weighted by Gasteiger charge is 2.31. The Morgan fingerprint density at radius 3 is 2.75 bits per heavy atom. The highest BCUT2D eigenvalue weighted by atomic mass is 16.5. The number of carbonyl (C=O) groups is 2. The van der Waals surface area contributed by atoms with Gasteiger partial charge in [-0.25, -0.2) is 9.59 Å². The zero-order valence-electron chi connectivity index (χ0n) is 12.0. The zero-order chi connectivity index (χ0) is 14.7. The van der Waals surface area contributed by atoms with Gasteiger partial charge in [-0.05, 0) is 26.8 Å². The lowest BCUT2D eigenvalue weighted by atomic mass is 9.99. The maximum absolute atomic E-state index is 12.2. The molecule has 7 heteroatoms. The van der Waals surface area contributed by atoms with E-state index in [1.165, 1.54) is 4.90 Å². The van der Waals surface area contributed by atoms with E-state index in [0.29, 0.717) is 12.6 Å². The maximum atomic E-state index is 12.2. The van der Waals surface area contributed by atoms with Gasteiger partial charge in [0.15, 0.2) is 6.10 Å². The summed E-state index contributed by atoms with van der Waals surface area (Å²) in [6, 6.07) is 0.437. The van der Waals surface area contributed by atoms with E-state index < -0.39 is 12.1 Å². The van der Waals surface area contributed by atoms with Gasteiger partial charge in [-0.2, -0.15) is 0 Å². The van der Waals surface area contributed by atoms with Crippen LogP contribution in [0.4, 0.5) is 4.79 Å². The molecule has 2 N–H and O–H groups in total. The summed E-state index contributed by atoms with van der Waals surface area (Å²) in [7, 11) is 2.09. The summed E-state index contributed by atoms with van der Waals surface area (Å²) in [5.74, 6) is -1.02. The molecule has 3 atom stereocenters. The van der Waals surface area contributed by atoms with Crippen molar-refractivity contribution in [2.75, 3.05) is 33.3 Å². The quantitative estimate of drug-likeness (QED) is 0.744. The van der Waals surface area contributed by atoms with Gasteiger partial charge >= 0.3 is 12.0 Å². The van der Waals surface area contributed by atoms with Crippen LogP contribution >= 0.6 is 0 Å². The number of hydrogen-bond acceptors (Lipinski definition) is 4. The molecule has 7 nitrogen and oxygen atoms in total. The van der Waals surface area contributed by atoms with Crippen molar-refractivity contribution >= 4 is 12.0 Å². The number of aliphatic carboxylic acids is 1. The third-order valence-corrected chi connectivity index (χ3v) is 4.17. The van der Waals surface area contributed by atoms with Gasteiger partial charge in [0.25, 0.3) is 0 Å². The molecule has 0 aliphatic carbocycles. The monoisotopic (exact) mass is 285 g/mol. The van der Waals surface area contributed by atoms with E-state index in [9.17, 15) is 9.59 Å². The van der Waals surface area contributed by atoms with E-state index in [1.54, 1.807) is 0 Å². The number of likely N-dealkylation sites (tertiary alicyclic amines) is 1. The summed E-state index contributed by atoms with van der Waals surface area (Å²) >= 11 is 0. The molecule has 2 rings (SSSR count). The number of nitrogens with zero attached hydrogens (tertiary/aromatic N) is 2. The average molecular weight is 285 g/mol. The van der Waals surface area contributed by atoms with Crippen molar-refractivity contribution in [1.29, 1.82) is 0 Å². The van der Waals surface area contributed by atoms with Gasteiger partial charge in [-0.3, -0.25) is 0 Å². The summed E-state index contributed by atoms with van der Waals surface area (Å²) < 4.78 is 5.11. The van der Waals surface area contributed by atoms with Crippen molar-refractivity contribution in [1.82, 2.24) is 15.1 Å². The van der Waals surface area contributed by atoms with Crippen LogP contribution in [-0.2, 0) is 9.53 Å². The molecular formula is C13H23N3O4. The molecule has 2 aliphatic rings. The Morgan fingerprint density at radius 2 is 2.10 bits per heavy atom. The summed E-state index contributed by atoms with van der Waals surface area (Å²) in [6.07, 6.45) is 0.944. The molecule has 20 heavy (non-hydrogen) atoms. The molecule has 0 spiro atoms. The number of urea groups is 1. The first-order chi connectivity index (χ1) is 9.47. The third-order valence-electron chi connectivity index (χ3n) is 4.17. The van der Waals surface area contributed by atoms with E-state index >= 15 is 0 Å². The first-order valence-corrected chi connectivity index (χ1v) is 7.07. The van der Waals surface area contributed by atoms with Crippen LogP contribution in [-0.4, -0.2) is 78.4 Å². The lowest BCUT2D eigenvalue weighted by Crippen LogP contribution is -2.55. The lowest BCUT2D eigenvalue weighted by Gasteiger charge is -2.37. The van der Waals surface area contributed by atoms with Gasteiger partial charge in [0.05, 0.1) is 13.2 Å². The smallest absolute Gasteiger partial charge is 0.334 e. The molecule has 2 heterocycles. The Labute approximate surface area is 118 Å². The van der Waals surface area contributed by atoms with Crippen LogP contribution in [0.25, 0.3) is 0 Å². The van der Waals surface area contributed by atoms with Crippen molar-refractivity contribution in [3.8, 4) is 0 Å². The van der Waals surface area contributed by atoms with Gasteiger partial charge in [0.1, 0.15) is 0 Å². The maximum Gasteiger partial charge on any atom is 0.334 e. The molecule has 2 fully saturated rings. The standard InChI is InChI=1S/C13H23N3O4/c1-9-7-10(3-4-15(9)2)14-13(19)16-5-6-20-11(8-16)12(17)18/h9-11H,3-8H2,1-2H3,(H,14,19)(H,17,18). The second-order valence-electron chi connectivity index (χ2n) is 5.64. The number of rotatable bonds is 2. The zero-order valence-corrected chi connectivity index (χ0v) is 12.0. The highest BCUT2D eigenvalue weighted by Crippen LogP contribution is 2.16. The van der Waals surface area contributed by atoms with E-state index in [4.69, 9.17) is 9.84 Å². The molecule has 0 bridgehead atoms. The van der Waals surface area contributed by atoms with Crippen LogP contribution in [0.5, 0.6) is 0 Å². The summed E-state index contributed by atoms with van der Waals surface area (Å²) in [5, 5.41) is 11.9. The number of piperidine rings is 1. The molecule has 0 aromatic rings. The SMILES string of the molecule is CC1CC(NC(=O)N2CCOC(C(=O)O)C2)CCN1C. The fourth-order valence-corrected chi connectivity index (χ4v) is 2.67. The van der Waals surface area contributed by atoms with Crippen molar-refractivity contribution < 1.29 is 19.4 Å². The molecule has 3 unspecified atom stereocenters. The Morgan fingerprint density at radius 1 is 1.35 bits per heavy atom. The Balaban J connectivity index is 1.84. The summed E-state index contributed by atoms with van der Waals surface area (Å²) in [4.78, 5) is 26.9. The second-order valence-corrected chi connectivity index (χ2v) is 5.64. The molecule has 2 aliphatic heterocycles. The van der Waals surface area contributed by atoms with E-state index in [1.807, 2.05) is 0 Å². The van der Waals surface area contributed by atoms with Crippen LogP contribution in [0.1, 0.15) is 19.8 Å². The lowest BCUT2D eigenvalue weighted by molar-refractivity contribution is -0.154. The minimum Gasteiger partial charge on any atom is -0.479 e. The van der Waals surface area contributed by atoms with Crippen LogP contribution in [0.3, 0.4) is 0 Å². The highest BCUT2D eigenvalue weighted by molar-refractivity contribution is 5.77. The average Bonchev–Trinajstić information content (AvgIpc) is 2.43. The number of nitrogens with one attached hydrogen (secondary N) is 1. The molecule has 0 radical (unpaired) electrons. The fourth-order valence-electron chi connectivity index (χ4n) is 2.67. The second kappa shape index (κ2) is 6.41. The van der Waals surface area contributed by atoms with Gasteiger partial charge in [0, 0.05) is 25.2 Å². The molecular weight excluding hydrogens is 262 g/mol. The van der Waals surface area contributed by atoms with Crippen molar-refractivity contribution in [2.45, 2.75) is 38.0 Å². The largest absolute Gasteiger partial charge is 0.479 e. The van der Waals surface area contributed by atoms with Crippen molar-refractivity contribution in [3.63, 3.8) is 0 Å². The fraction of sp³-hybridized carbons (Fsp3) is 0.846. The summed E-state index contributed by atoms with van der Waals surface area (Å²) in [5.41, 5.74) is 0. The first-order valence-electron chi connectivity index (χ1n) is 7.07. The predicted molar refractivity (Wildman–Crippen MR) is 72.6 cm³/mol. The third kappa shape index (κ3) is 3.61. The molecule has 0 saturated carbocycles. The molecule has 0 aromatic heterocycles. The Kier molecular flexibility index (Phi) is 4.82. The minimum absolute atomic E-state index is 0.114. The minimum atomic E-state index is -1.02. The predicted octanol–water partition coefficient (Wildman–Crippen LogP) is -0.0359. The molecule has 2 saturated heterocycles. The number of ether oxygens (including phenoxy) is 1. The van der Waals surface area contributed by atoms with E-state index in [0.717, 1.165) is 19.4 Å². The van der Waals surface area contributed by atoms with Crippen LogP contribution < -0.4 is 5.32 Å². The number of morpholine rings is 1. The number of hydrogen-bond donors (Lipinski definition) is 2. The number of amides is 2. The van der Waals surface area contributed by atoms with Gasteiger partial charge in [-0.15, -0.1) is 0 Å². The van der Waals surface area contributed by atoms with Gasteiger partial charge in [-0.1, -0.05) is 0 Å². The normalized spacial score (nSPS) is 31.9. The molecule has 114 valence electrons. The van der Waals surface area contributed by atoms with Gasteiger partial charge < -0.3 is 25.0 Å². The van der Waals surface area contributed by atoms with Gasteiger partial charge in [0.2, 0.25) is 0 Å². The number of carboxylic acid groups (broad SMARTS) is 1. The summed E-state index contributed by atoms with van der Waals surface area (Å²) in [6.45, 7) is 3.94. The van der Waals surface area contributed by atoms with E-state index in [2.05, 4.69) is 24.2 Å². The van der Waals surface area contributed by atoms with Crippen LogP contribution in [0.2, 0.25) is 0 Å². The van der Waals surface area contributed by atoms with Crippen LogP contribution in [0.15, 0.2) is 0 Å². The first kappa shape index (κ1) is 15.1. The number of carboxylic acids is 1. The van der Waals surface area contributed by atoms with Crippen molar-refractivity contribution in [2.24, 2.45) is 0 Å². The van der Waals surface area contributed by atoms with Crippen molar-refractivity contribution in [3.05, 3.63) is 0 Å². The molecule has 2 amide bonds. The van der Waals surface area contributed by atoms with Crippen LogP contribution in [0, 0.1) is 0 Å². The topological polar surface area (TPSA) is 82.1 Å². The van der Waals surface area contributed by atoms with E-state index in [-0.39, 0.29) is 25.2 Å².